The van der Waals surface area contributed by atoms with Gasteiger partial charge in [-0.3, -0.25) is 4.98 Å². The first-order valence-electron chi connectivity index (χ1n) is 7.95. The van der Waals surface area contributed by atoms with Crippen molar-refractivity contribution < 1.29 is 0 Å². The van der Waals surface area contributed by atoms with Crippen molar-refractivity contribution >= 4 is 0 Å². The van der Waals surface area contributed by atoms with Crippen LogP contribution >= 0.6 is 0 Å². The number of pyridine rings is 1. The second-order valence-corrected chi connectivity index (χ2v) is 5.93. The molecular formula is C17H28N2. The van der Waals surface area contributed by atoms with Gasteiger partial charge in [-0.1, -0.05) is 32.3 Å². The predicted molar refractivity (Wildman–Crippen MR) is 81.3 cm³/mol. The lowest BCUT2D eigenvalue weighted by Gasteiger charge is -2.31. The zero-order chi connectivity index (χ0) is 13.5. The standard InChI is InChI=1S/C17H28N2/c1-3-11-18-17(15-9-5-4-6-10-15)13-16-14(2)8-7-12-19-16/h7-8,12,15,17-18H,3-6,9-11,13H2,1-2H3. The van der Waals surface area contributed by atoms with Gasteiger partial charge in [-0.15, -0.1) is 0 Å². The molecule has 0 bridgehead atoms. The van der Waals surface area contributed by atoms with Crippen molar-refractivity contribution in [2.45, 2.75) is 64.8 Å². The van der Waals surface area contributed by atoms with Gasteiger partial charge in [0.05, 0.1) is 0 Å². The molecule has 2 rings (SSSR count). The fourth-order valence-electron chi connectivity index (χ4n) is 3.21. The molecule has 1 heterocycles. The third-order valence-corrected chi connectivity index (χ3v) is 4.41. The van der Waals surface area contributed by atoms with E-state index >= 15 is 0 Å². The summed E-state index contributed by atoms with van der Waals surface area (Å²) in [5.74, 6) is 0.849. The molecule has 106 valence electrons. The molecule has 1 fully saturated rings. The average molecular weight is 260 g/mol. The molecule has 0 amide bonds. The summed E-state index contributed by atoms with van der Waals surface area (Å²) in [5, 5.41) is 3.77. The maximum Gasteiger partial charge on any atom is 0.0448 e. The highest BCUT2D eigenvalue weighted by Gasteiger charge is 2.24. The quantitative estimate of drug-likeness (QED) is 0.839. The van der Waals surface area contributed by atoms with E-state index < -0.39 is 0 Å². The average Bonchev–Trinajstić information content (AvgIpc) is 2.46. The van der Waals surface area contributed by atoms with Crippen LogP contribution in [0.3, 0.4) is 0 Å². The van der Waals surface area contributed by atoms with Crippen LogP contribution in [0, 0.1) is 12.8 Å². The molecule has 0 spiro atoms. The zero-order valence-corrected chi connectivity index (χ0v) is 12.5. The fraction of sp³-hybridized carbons (Fsp3) is 0.706. The first-order valence-corrected chi connectivity index (χ1v) is 7.95. The molecule has 2 nitrogen and oxygen atoms in total. The van der Waals surface area contributed by atoms with Gasteiger partial charge >= 0.3 is 0 Å². The number of aryl methyl sites for hydroxylation is 1. The van der Waals surface area contributed by atoms with Crippen LogP contribution in [0.5, 0.6) is 0 Å². The monoisotopic (exact) mass is 260 g/mol. The summed E-state index contributed by atoms with van der Waals surface area (Å²) in [7, 11) is 0. The molecule has 1 atom stereocenters. The molecule has 19 heavy (non-hydrogen) atoms. The molecule has 1 aliphatic rings. The van der Waals surface area contributed by atoms with Gasteiger partial charge in [-0.05, 0) is 50.3 Å². The minimum Gasteiger partial charge on any atom is -0.313 e. The number of hydrogen-bond donors (Lipinski definition) is 1. The Labute approximate surface area is 118 Å². The van der Waals surface area contributed by atoms with Gasteiger partial charge in [-0.2, -0.15) is 0 Å². The van der Waals surface area contributed by atoms with Gasteiger partial charge in [-0.25, -0.2) is 0 Å². The van der Waals surface area contributed by atoms with Crippen molar-refractivity contribution in [2.24, 2.45) is 5.92 Å². The molecule has 0 saturated heterocycles. The highest BCUT2D eigenvalue weighted by molar-refractivity contribution is 5.18. The van der Waals surface area contributed by atoms with E-state index in [1.54, 1.807) is 0 Å². The van der Waals surface area contributed by atoms with E-state index in [0.717, 1.165) is 18.9 Å². The Morgan fingerprint density at radius 3 is 2.79 bits per heavy atom. The van der Waals surface area contributed by atoms with Crippen LogP contribution in [0.15, 0.2) is 18.3 Å². The predicted octanol–water partition coefficient (Wildman–Crippen LogP) is 3.88. The summed E-state index contributed by atoms with van der Waals surface area (Å²) < 4.78 is 0. The normalized spacial score (nSPS) is 18.4. The van der Waals surface area contributed by atoms with E-state index in [0.29, 0.717) is 6.04 Å². The topological polar surface area (TPSA) is 24.9 Å². The van der Waals surface area contributed by atoms with Crippen LogP contribution < -0.4 is 5.32 Å². The fourth-order valence-corrected chi connectivity index (χ4v) is 3.21. The lowest BCUT2D eigenvalue weighted by atomic mass is 9.82. The third kappa shape index (κ3) is 4.31. The van der Waals surface area contributed by atoms with Gasteiger partial charge in [0.15, 0.2) is 0 Å². The summed E-state index contributed by atoms with van der Waals surface area (Å²) in [6, 6.07) is 4.84. The largest absolute Gasteiger partial charge is 0.313 e. The SMILES string of the molecule is CCCNC(Cc1ncccc1C)C1CCCCC1. The highest BCUT2D eigenvalue weighted by atomic mass is 14.9. The van der Waals surface area contributed by atoms with E-state index in [1.165, 1.54) is 49.8 Å². The van der Waals surface area contributed by atoms with Crippen LogP contribution in [0.25, 0.3) is 0 Å². The molecular weight excluding hydrogens is 232 g/mol. The van der Waals surface area contributed by atoms with Crippen LogP contribution in [-0.4, -0.2) is 17.6 Å². The second kappa shape index (κ2) is 7.64. The number of rotatable bonds is 6. The number of nitrogens with zero attached hydrogens (tertiary/aromatic N) is 1. The molecule has 1 aromatic rings. The number of hydrogen-bond acceptors (Lipinski definition) is 2. The minimum absolute atomic E-state index is 0.619. The van der Waals surface area contributed by atoms with E-state index in [9.17, 15) is 0 Å². The summed E-state index contributed by atoms with van der Waals surface area (Å²) in [6.45, 7) is 5.56. The Morgan fingerprint density at radius 2 is 2.11 bits per heavy atom. The third-order valence-electron chi connectivity index (χ3n) is 4.41. The van der Waals surface area contributed by atoms with E-state index in [-0.39, 0.29) is 0 Å². The number of aromatic nitrogens is 1. The lowest BCUT2D eigenvalue weighted by Crippen LogP contribution is -2.39. The smallest absolute Gasteiger partial charge is 0.0448 e. The van der Waals surface area contributed by atoms with Crippen molar-refractivity contribution in [3.05, 3.63) is 29.6 Å². The Morgan fingerprint density at radius 1 is 1.32 bits per heavy atom. The molecule has 1 aliphatic carbocycles. The van der Waals surface area contributed by atoms with Crippen molar-refractivity contribution in [2.75, 3.05) is 6.54 Å². The highest BCUT2D eigenvalue weighted by Crippen LogP contribution is 2.28. The second-order valence-electron chi connectivity index (χ2n) is 5.93. The molecule has 1 unspecified atom stereocenters. The van der Waals surface area contributed by atoms with Crippen LogP contribution in [0.4, 0.5) is 0 Å². The summed E-state index contributed by atoms with van der Waals surface area (Å²) in [6.07, 6.45) is 11.3. The van der Waals surface area contributed by atoms with Gasteiger partial charge in [0.2, 0.25) is 0 Å². The lowest BCUT2D eigenvalue weighted by molar-refractivity contribution is 0.266. The van der Waals surface area contributed by atoms with Crippen molar-refractivity contribution in [3.63, 3.8) is 0 Å². The van der Waals surface area contributed by atoms with Crippen molar-refractivity contribution in [1.82, 2.24) is 10.3 Å². The van der Waals surface area contributed by atoms with Crippen molar-refractivity contribution in [3.8, 4) is 0 Å². The molecule has 1 aromatic heterocycles. The molecule has 2 heteroatoms. The summed E-state index contributed by atoms with van der Waals surface area (Å²) >= 11 is 0. The molecule has 0 aliphatic heterocycles. The Balaban J connectivity index is 2.02. The Kier molecular flexibility index (Phi) is 5.84. The summed E-state index contributed by atoms with van der Waals surface area (Å²) in [5.41, 5.74) is 2.61. The van der Waals surface area contributed by atoms with Gasteiger partial charge in [0.25, 0.3) is 0 Å². The van der Waals surface area contributed by atoms with Gasteiger partial charge < -0.3 is 5.32 Å². The van der Waals surface area contributed by atoms with Gasteiger partial charge in [0, 0.05) is 24.4 Å². The van der Waals surface area contributed by atoms with Gasteiger partial charge in [0.1, 0.15) is 0 Å². The molecule has 0 aromatic carbocycles. The van der Waals surface area contributed by atoms with Crippen LogP contribution in [0.1, 0.15) is 56.7 Å². The first-order chi connectivity index (χ1) is 9.31. The maximum atomic E-state index is 4.58. The molecule has 1 saturated carbocycles. The molecule has 0 radical (unpaired) electrons. The zero-order valence-electron chi connectivity index (χ0n) is 12.5. The van der Waals surface area contributed by atoms with Crippen LogP contribution in [0.2, 0.25) is 0 Å². The Bertz CT molecular complexity index is 369. The minimum atomic E-state index is 0.619. The summed E-state index contributed by atoms with van der Waals surface area (Å²) in [4.78, 5) is 4.58. The van der Waals surface area contributed by atoms with Crippen molar-refractivity contribution in [1.29, 1.82) is 0 Å². The molecule has 1 N–H and O–H groups in total. The number of nitrogens with one attached hydrogen (secondary N) is 1. The van der Waals surface area contributed by atoms with E-state index in [1.807, 2.05) is 12.3 Å². The van der Waals surface area contributed by atoms with E-state index in [4.69, 9.17) is 0 Å². The Hall–Kier alpha value is -0.890. The maximum absolute atomic E-state index is 4.58. The van der Waals surface area contributed by atoms with Crippen LogP contribution in [-0.2, 0) is 6.42 Å². The van der Waals surface area contributed by atoms with E-state index in [2.05, 4.69) is 30.2 Å². The first kappa shape index (κ1) is 14.5.